The van der Waals surface area contributed by atoms with Gasteiger partial charge in [-0.1, -0.05) is 12.1 Å². The van der Waals surface area contributed by atoms with Crippen molar-refractivity contribution in [2.75, 3.05) is 26.2 Å². The Kier molecular flexibility index (Phi) is 5.79. The van der Waals surface area contributed by atoms with Gasteiger partial charge in [-0.05, 0) is 42.6 Å². The molecule has 29 heavy (non-hydrogen) atoms. The largest absolute Gasteiger partial charge is 0.493 e. The van der Waals surface area contributed by atoms with Gasteiger partial charge >= 0.3 is 0 Å². The molecule has 1 fully saturated rings. The summed E-state index contributed by atoms with van der Waals surface area (Å²) in [5.41, 5.74) is 0.0880. The lowest BCUT2D eigenvalue weighted by Crippen LogP contribution is -2.54. The van der Waals surface area contributed by atoms with E-state index >= 15 is 0 Å². The third-order valence-electron chi connectivity index (χ3n) is 4.23. The average Bonchev–Trinajstić information content (AvgIpc) is 2.71. The molecule has 0 bridgehead atoms. The standard InChI is InChI=1S/C20H17FN2O5S/c1-26-15-9-8-11(16(27-2)17(15)28-3)10-12-18(24)22-20(29)23(19(12)25)14-7-5-4-6-13(14)21/h4-10H,1-3H3,(H,22,24,29). The van der Waals surface area contributed by atoms with Crippen LogP contribution in [0.4, 0.5) is 10.1 Å². The number of nitrogens with one attached hydrogen (secondary N) is 1. The number of anilines is 1. The van der Waals surface area contributed by atoms with Crippen LogP contribution in [-0.2, 0) is 9.59 Å². The van der Waals surface area contributed by atoms with E-state index in [-0.39, 0.29) is 22.1 Å². The molecule has 2 aromatic rings. The van der Waals surface area contributed by atoms with Gasteiger partial charge in [0.15, 0.2) is 16.6 Å². The van der Waals surface area contributed by atoms with Crippen molar-refractivity contribution < 1.29 is 28.2 Å². The molecule has 0 spiro atoms. The maximum absolute atomic E-state index is 14.2. The number of nitrogens with zero attached hydrogens (tertiary/aromatic N) is 1. The Morgan fingerprint density at radius 3 is 2.31 bits per heavy atom. The monoisotopic (exact) mass is 416 g/mol. The lowest BCUT2D eigenvalue weighted by Gasteiger charge is -2.29. The maximum Gasteiger partial charge on any atom is 0.270 e. The third-order valence-corrected chi connectivity index (χ3v) is 4.51. The second kappa shape index (κ2) is 8.27. The third kappa shape index (κ3) is 3.64. The van der Waals surface area contributed by atoms with Crippen molar-refractivity contribution in [1.29, 1.82) is 0 Å². The Labute approximate surface area is 171 Å². The summed E-state index contributed by atoms with van der Waals surface area (Å²) in [5, 5.41) is 2.20. The molecule has 0 saturated carbocycles. The number of thiocarbonyl (C=S) groups is 1. The van der Waals surface area contributed by atoms with Crippen LogP contribution >= 0.6 is 12.2 Å². The fourth-order valence-electron chi connectivity index (χ4n) is 2.90. The predicted molar refractivity (Wildman–Crippen MR) is 109 cm³/mol. The summed E-state index contributed by atoms with van der Waals surface area (Å²) in [4.78, 5) is 26.4. The van der Waals surface area contributed by atoms with Gasteiger partial charge in [0.2, 0.25) is 5.75 Å². The Morgan fingerprint density at radius 1 is 1.00 bits per heavy atom. The SMILES string of the molecule is COc1ccc(C=C2C(=O)NC(=S)N(c3ccccc3F)C2=O)c(OC)c1OC. The molecule has 9 heteroatoms. The summed E-state index contributed by atoms with van der Waals surface area (Å²) in [6.45, 7) is 0. The van der Waals surface area contributed by atoms with Gasteiger partial charge in [-0.3, -0.25) is 14.9 Å². The van der Waals surface area contributed by atoms with Crippen LogP contribution in [0.1, 0.15) is 5.56 Å². The van der Waals surface area contributed by atoms with Crippen molar-refractivity contribution in [3.63, 3.8) is 0 Å². The average molecular weight is 416 g/mol. The Hall–Kier alpha value is -3.46. The molecule has 2 amide bonds. The second-order valence-corrected chi connectivity index (χ2v) is 6.22. The van der Waals surface area contributed by atoms with E-state index in [1.54, 1.807) is 18.2 Å². The summed E-state index contributed by atoms with van der Waals surface area (Å²) in [6.07, 6.45) is 1.33. The van der Waals surface area contributed by atoms with E-state index in [4.69, 9.17) is 26.4 Å². The Bertz CT molecular complexity index is 1040. The molecule has 7 nitrogen and oxygen atoms in total. The number of methoxy groups -OCH3 is 3. The van der Waals surface area contributed by atoms with Gasteiger partial charge < -0.3 is 14.2 Å². The number of benzene rings is 2. The molecule has 1 N–H and O–H groups in total. The normalized spacial score (nSPS) is 15.4. The van der Waals surface area contributed by atoms with E-state index in [2.05, 4.69) is 5.32 Å². The van der Waals surface area contributed by atoms with Crippen LogP contribution in [-0.4, -0.2) is 38.3 Å². The van der Waals surface area contributed by atoms with Crippen LogP contribution in [0.2, 0.25) is 0 Å². The molecule has 3 rings (SSSR count). The van der Waals surface area contributed by atoms with E-state index in [0.717, 1.165) is 4.90 Å². The number of para-hydroxylation sites is 1. The van der Waals surface area contributed by atoms with E-state index in [1.165, 1.54) is 45.6 Å². The minimum Gasteiger partial charge on any atom is -0.493 e. The highest BCUT2D eigenvalue weighted by atomic mass is 32.1. The number of hydrogen-bond donors (Lipinski definition) is 1. The highest BCUT2D eigenvalue weighted by molar-refractivity contribution is 7.80. The van der Waals surface area contributed by atoms with Crippen LogP contribution in [0.25, 0.3) is 6.08 Å². The smallest absolute Gasteiger partial charge is 0.270 e. The maximum atomic E-state index is 14.2. The molecule has 0 unspecified atom stereocenters. The molecule has 0 atom stereocenters. The summed E-state index contributed by atoms with van der Waals surface area (Å²) in [5.74, 6) is -1.13. The van der Waals surface area contributed by atoms with Gasteiger partial charge in [0.05, 0.1) is 27.0 Å². The minimum absolute atomic E-state index is 0.0623. The molecule has 2 aromatic carbocycles. The fourth-order valence-corrected chi connectivity index (χ4v) is 3.18. The van der Waals surface area contributed by atoms with Gasteiger partial charge in [-0.2, -0.15) is 0 Å². The lowest BCUT2D eigenvalue weighted by atomic mass is 10.1. The Morgan fingerprint density at radius 2 is 1.69 bits per heavy atom. The summed E-state index contributed by atoms with van der Waals surface area (Å²) < 4.78 is 30.2. The number of ether oxygens (including phenoxy) is 3. The molecular formula is C20H17FN2O5S. The molecule has 0 aliphatic carbocycles. The van der Waals surface area contributed by atoms with Crippen LogP contribution in [0.15, 0.2) is 42.0 Å². The van der Waals surface area contributed by atoms with Crippen LogP contribution < -0.4 is 24.4 Å². The molecule has 0 aromatic heterocycles. The van der Waals surface area contributed by atoms with Crippen molar-refractivity contribution >= 4 is 40.9 Å². The quantitative estimate of drug-likeness (QED) is 0.459. The number of amides is 2. The predicted octanol–water partition coefficient (Wildman–Crippen LogP) is 2.68. The summed E-state index contributed by atoms with van der Waals surface area (Å²) in [6, 6.07) is 8.85. The van der Waals surface area contributed by atoms with Crippen LogP contribution in [0.5, 0.6) is 17.2 Å². The molecular weight excluding hydrogens is 399 g/mol. The number of rotatable bonds is 5. The summed E-state index contributed by atoms with van der Waals surface area (Å²) >= 11 is 5.08. The van der Waals surface area contributed by atoms with Crippen molar-refractivity contribution in [1.82, 2.24) is 5.32 Å². The zero-order valence-electron chi connectivity index (χ0n) is 15.8. The first-order chi connectivity index (χ1) is 13.9. The van der Waals surface area contributed by atoms with Crippen LogP contribution in [0, 0.1) is 5.82 Å². The molecule has 1 aliphatic rings. The zero-order valence-corrected chi connectivity index (χ0v) is 16.6. The minimum atomic E-state index is -0.763. The topological polar surface area (TPSA) is 77.1 Å². The first-order valence-corrected chi connectivity index (χ1v) is 8.78. The van der Waals surface area contributed by atoms with E-state index in [0.29, 0.717) is 17.1 Å². The van der Waals surface area contributed by atoms with Crippen molar-refractivity contribution in [2.45, 2.75) is 0 Å². The van der Waals surface area contributed by atoms with Gasteiger partial charge in [-0.15, -0.1) is 0 Å². The van der Waals surface area contributed by atoms with E-state index < -0.39 is 17.6 Å². The molecule has 0 radical (unpaired) electrons. The van der Waals surface area contributed by atoms with E-state index in [9.17, 15) is 14.0 Å². The van der Waals surface area contributed by atoms with Crippen molar-refractivity contribution in [3.05, 3.63) is 53.4 Å². The number of carbonyl (C=O) groups is 2. The number of halogens is 1. The van der Waals surface area contributed by atoms with E-state index in [1.807, 2.05) is 0 Å². The van der Waals surface area contributed by atoms with Gasteiger partial charge in [0, 0.05) is 5.56 Å². The van der Waals surface area contributed by atoms with Gasteiger partial charge in [-0.25, -0.2) is 9.29 Å². The zero-order chi connectivity index (χ0) is 21.1. The first-order valence-electron chi connectivity index (χ1n) is 8.37. The number of carbonyl (C=O) groups excluding carboxylic acids is 2. The van der Waals surface area contributed by atoms with Gasteiger partial charge in [0.25, 0.3) is 11.8 Å². The molecule has 1 saturated heterocycles. The second-order valence-electron chi connectivity index (χ2n) is 5.83. The Balaban J connectivity index is 2.12. The lowest BCUT2D eigenvalue weighted by molar-refractivity contribution is -0.122. The fraction of sp³-hybridized carbons (Fsp3) is 0.150. The van der Waals surface area contributed by atoms with Gasteiger partial charge in [0.1, 0.15) is 11.4 Å². The van der Waals surface area contributed by atoms with Crippen molar-refractivity contribution in [2.24, 2.45) is 0 Å². The van der Waals surface area contributed by atoms with Crippen LogP contribution in [0.3, 0.4) is 0 Å². The van der Waals surface area contributed by atoms with Crippen molar-refractivity contribution in [3.8, 4) is 17.2 Å². The molecule has 150 valence electrons. The highest BCUT2D eigenvalue weighted by Crippen LogP contribution is 2.40. The molecule has 1 heterocycles. The summed E-state index contributed by atoms with van der Waals surface area (Å²) in [7, 11) is 4.33. The molecule has 1 aliphatic heterocycles. The first kappa shape index (κ1) is 20.3. The highest BCUT2D eigenvalue weighted by Gasteiger charge is 2.36. The number of hydrogen-bond acceptors (Lipinski definition) is 6.